The molecule has 0 spiro atoms. The number of rotatable bonds is 4. The van der Waals surface area contributed by atoms with E-state index in [0.29, 0.717) is 12.1 Å². The summed E-state index contributed by atoms with van der Waals surface area (Å²) in [5.41, 5.74) is 4.21. The van der Waals surface area contributed by atoms with Crippen molar-refractivity contribution in [2.24, 2.45) is 0 Å². The number of benzene rings is 1. The van der Waals surface area contributed by atoms with Crippen LogP contribution in [0.3, 0.4) is 0 Å². The van der Waals surface area contributed by atoms with E-state index in [9.17, 15) is 19.2 Å². The summed E-state index contributed by atoms with van der Waals surface area (Å²) in [5, 5.41) is 6.12. The number of aryl methyl sites for hydroxylation is 1. The predicted octanol–water partition coefficient (Wildman–Crippen LogP) is 2.80. The minimum absolute atomic E-state index is 0.00481. The van der Waals surface area contributed by atoms with E-state index in [2.05, 4.69) is 34.7 Å². The Morgan fingerprint density at radius 3 is 2.50 bits per heavy atom. The molecule has 1 N–H and O–H groups in total. The van der Waals surface area contributed by atoms with Gasteiger partial charge < -0.3 is 0 Å². The van der Waals surface area contributed by atoms with Gasteiger partial charge in [0.15, 0.2) is 0 Å². The van der Waals surface area contributed by atoms with Gasteiger partial charge in [0.25, 0.3) is 11.8 Å². The van der Waals surface area contributed by atoms with E-state index in [1.807, 2.05) is 6.07 Å². The minimum Gasteiger partial charge on any atom is -0.295 e. The number of carbonyl (C=O) groups excluding carboxylic acids is 4. The van der Waals surface area contributed by atoms with Crippen molar-refractivity contribution in [2.45, 2.75) is 26.3 Å². The largest absolute Gasteiger partial charge is 0.343 e. The third-order valence-corrected chi connectivity index (χ3v) is 7.15. The van der Waals surface area contributed by atoms with Crippen molar-refractivity contribution in [1.29, 1.82) is 0 Å². The summed E-state index contributed by atoms with van der Waals surface area (Å²) in [4.78, 5) is 52.9. The molecule has 0 aliphatic carbocycles. The molecular weight excluding hydrogens is 428 g/mol. The van der Waals surface area contributed by atoms with E-state index in [-0.39, 0.29) is 18.5 Å². The van der Waals surface area contributed by atoms with Crippen LogP contribution in [0.5, 0.6) is 0 Å². The van der Waals surface area contributed by atoms with Gasteiger partial charge >= 0.3 is 6.03 Å². The summed E-state index contributed by atoms with van der Waals surface area (Å²) in [6.07, 6.45) is 3.28. The molecule has 0 unspecified atom stereocenters. The summed E-state index contributed by atoms with van der Waals surface area (Å²) in [5.74, 6) is -1.50. The van der Waals surface area contributed by atoms with Gasteiger partial charge in [0.2, 0.25) is 5.91 Å². The number of hydrogen-bond acceptors (Lipinski definition) is 6. The molecule has 164 valence electrons. The fourth-order valence-corrected chi connectivity index (χ4v) is 5.36. The third kappa shape index (κ3) is 3.53. The van der Waals surface area contributed by atoms with Gasteiger partial charge in [-0.25, -0.2) is 9.80 Å². The Balaban J connectivity index is 1.30. The number of hydrogen-bond donors (Lipinski definition) is 1. The third-order valence-electron chi connectivity index (χ3n) is 6.06. The maximum atomic E-state index is 13.0. The molecule has 8 nitrogen and oxygen atoms in total. The number of amides is 5. The number of carbonyl (C=O) groups is 4. The molecule has 1 aromatic heterocycles. The molecule has 1 saturated heterocycles. The minimum atomic E-state index is -0.757. The Morgan fingerprint density at radius 2 is 1.81 bits per heavy atom. The lowest BCUT2D eigenvalue weighted by Gasteiger charge is -2.32. The first-order valence-corrected chi connectivity index (χ1v) is 11.4. The molecule has 1 fully saturated rings. The zero-order valence-electron chi connectivity index (χ0n) is 17.6. The highest BCUT2D eigenvalue weighted by molar-refractivity contribution is 7.11. The first-order chi connectivity index (χ1) is 15.4. The number of fused-ring (bicyclic) bond motifs is 1. The maximum Gasteiger partial charge on any atom is 0.343 e. The molecule has 5 amide bonds. The molecule has 32 heavy (non-hydrogen) atoms. The fourth-order valence-electron chi connectivity index (χ4n) is 4.36. The molecule has 0 saturated carbocycles. The molecule has 2 aromatic rings. The molecule has 4 heterocycles. The lowest BCUT2D eigenvalue weighted by Crippen LogP contribution is -2.58. The molecule has 0 atom stereocenters. The summed E-state index contributed by atoms with van der Waals surface area (Å²) in [6.45, 7) is 4.54. The zero-order chi connectivity index (χ0) is 22.4. The van der Waals surface area contributed by atoms with Gasteiger partial charge in [-0.3, -0.25) is 24.6 Å². The standard InChI is InChI=1S/C23H22N4O4S/c1-14-7-11-32-20(14)16-4-8-25(9-5-16)13-15-2-3-17-18(12-15)22(30)27(21(17)29)26-10-6-19(28)24-23(26)31/h2-4,7,11-12H,5-6,8-10,13H2,1H3,(H,24,28,31). The summed E-state index contributed by atoms with van der Waals surface area (Å²) in [7, 11) is 0. The van der Waals surface area contributed by atoms with Crippen molar-refractivity contribution in [3.05, 3.63) is 62.9 Å². The smallest absolute Gasteiger partial charge is 0.295 e. The van der Waals surface area contributed by atoms with Gasteiger partial charge in [-0.2, -0.15) is 5.01 Å². The molecule has 0 radical (unpaired) electrons. The van der Waals surface area contributed by atoms with Crippen LogP contribution in [0, 0.1) is 6.92 Å². The second-order valence-corrected chi connectivity index (χ2v) is 9.09. The Labute approximate surface area is 189 Å². The normalized spacial score (nSPS) is 19.3. The van der Waals surface area contributed by atoms with Crippen LogP contribution in [0.15, 0.2) is 35.7 Å². The second kappa shape index (κ2) is 7.99. The molecule has 9 heteroatoms. The summed E-state index contributed by atoms with van der Waals surface area (Å²) >= 11 is 1.78. The number of nitrogens with zero attached hydrogens (tertiary/aromatic N) is 3. The Kier molecular flexibility index (Phi) is 5.15. The molecule has 5 rings (SSSR count). The topological polar surface area (TPSA) is 90.0 Å². The van der Waals surface area contributed by atoms with E-state index < -0.39 is 23.8 Å². The highest BCUT2D eigenvalue weighted by Crippen LogP contribution is 2.31. The van der Waals surface area contributed by atoms with Crippen LogP contribution >= 0.6 is 11.3 Å². The SMILES string of the molecule is Cc1ccsc1C1=CCN(Cc2ccc3c(c2)C(=O)N(N2CCC(=O)NC2=O)C3=O)CC1. The Morgan fingerprint density at radius 1 is 1.00 bits per heavy atom. The van der Waals surface area contributed by atoms with Crippen molar-refractivity contribution < 1.29 is 19.2 Å². The molecular formula is C23H22N4O4S. The van der Waals surface area contributed by atoms with Crippen LogP contribution in [0.2, 0.25) is 0 Å². The quantitative estimate of drug-likeness (QED) is 0.724. The maximum absolute atomic E-state index is 13.0. The number of nitrogens with one attached hydrogen (secondary N) is 1. The van der Waals surface area contributed by atoms with Crippen molar-refractivity contribution in [3.63, 3.8) is 0 Å². The summed E-state index contributed by atoms with van der Waals surface area (Å²) in [6, 6.07) is 6.64. The van der Waals surface area contributed by atoms with Crippen molar-refractivity contribution >= 4 is 40.7 Å². The lowest BCUT2D eigenvalue weighted by atomic mass is 10.0. The molecule has 3 aliphatic rings. The van der Waals surface area contributed by atoms with Gasteiger partial charge in [0, 0.05) is 30.9 Å². The van der Waals surface area contributed by atoms with Crippen LogP contribution < -0.4 is 5.32 Å². The Bertz CT molecular complexity index is 1180. The lowest BCUT2D eigenvalue weighted by molar-refractivity contribution is -0.122. The first-order valence-electron chi connectivity index (χ1n) is 10.5. The highest BCUT2D eigenvalue weighted by Gasteiger charge is 2.43. The fraction of sp³-hybridized carbons (Fsp3) is 0.304. The van der Waals surface area contributed by atoms with Gasteiger partial charge in [0.1, 0.15) is 0 Å². The monoisotopic (exact) mass is 450 g/mol. The molecule has 0 bridgehead atoms. The molecule has 3 aliphatic heterocycles. The van der Waals surface area contributed by atoms with Crippen LogP contribution in [0.4, 0.5) is 4.79 Å². The number of thiophene rings is 1. The van der Waals surface area contributed by atoms with Crippen LogP contribution in [0.1, 0.15) is 49.6 Å². The zero-order valence-corrected chi connectivity index (χ0v) is 18.4. The van der Waals surface area contributed by atoms with Crippen LogP contribution in [-0.2, 0) is 11.3 Å². The predicted molar refractivity (Wildman–Crippen MR) is 119 cm³/mol. The average molecular weight is 451 g/mol. The average Bonchev–Trinajstić information content (AvgIpc) is 3.30. The Hall–Kier alpha value is -3.30. The molecule has 1 aromatic carbocycles. The van der Waals surface area contributed by atoms with Crippen molar-refractivity contribution in [1.82, 2.24) is 20.2 Å². The second-order valence-electron chi connectivity index (χ2n) is 8.18. The van der Waals surface area contributed by atoms with Crippen molar-refractivity contribution in [3.8, 4) is 0 Å². The number of hydrazine groups is 1. The van der Waals surface area contributed by atoms with E-state index >= 15 is 0 Å². The van der Waals surface area contributed by atoms with E-state index in [4.69, 9.17) is 0 Å². The van der Waals surface area contributed by atoms with Gasteiger partial charge in [-0.05, 0) is 53.6 Å². The van der Waals surface area contributed by atoms with E-state index in [1.54, 1.807) is 23.5 Å². The van der Waals surface area contributed by atoms with E-state index in [0.717, 1.165) is 35.1 Å². The summed E-state index contributed by atoms with van der Waals surface area (Å²) < 4.78 is 0. The van der Waals surface area contributed by atoms with Gasteiger partial charge in [0.05, 0.1) is 17.7 Å². The van der Waals surface area contributed by atoms with Crippen LogP contribution in [0.25, 0.3) is 5.57 Å². The first kappa shape index (κ1) is 20.6. The van der Waals surface area contributed by atoms with Gasteiger partial charge in [-0.1, -0.05) is 12.1 Å². The van der Waals surface area contributed by atoms with Gasteiger partial charge in [-0.15, -0.1) is 11.3 Å². The van der Waals surface area contributed by atoms with Crippen LogP contribution in [-0.4, -0.2) is 58.3 Å². The number of urea groups is 1. The van der Waals surface area contributed by atoms with E-state index in [1.165, 1.54) is 16.0 Å². The highest BCUT2D eigenvalue weighted by atomic mass is 32.1. The number of imide groups is 2. The van der Waals surface area contributed by atoms with Crippen molar-refractivity contribution in [2.75, 3.05) is 19.6 Å².